The van der Waals surface area contributed by atoms with Gasteiger partial charge in [-0.05, 0) is 25.1 Å². The topological polar surface area (TPSA) is 48.3 Å². The van der Waals surface area contributed by atoms with Gasteiger partial charge in [0, 0.05) is 27.7 Å². The van der Waals surface area contributed by atoms with Crippen molar-refractivity contribution in [1.82, 2.24) is 14.9 Å². The van der Waals surface area contributed by atoms with Crippen molar-refractivity contribution < 1.29 is 9.47 Å². The Kier molecular flexibility index (Phi) is 5.73. The molecule has 1 aromatic carbocycles. The second kappa shape index (κ2) is 7.54. The molecule has 21 heavy (non-hydrogen) atoms. The standard InChI is InChI=1S/C16H25N3O2/c1-5-10-17-13(16(20-3)21-4)11-15-18-12-8-6-7-9-14(12)19(15)2/h6-9,13,16-17H,5,10-11H2,1-4H3. The number of aryl methyl sites for hydroxylation is 1. The van der Waals surface area contributed by atoms with E-state index in [2.05, 4.69) is 29.9 Å². The van der Waals surface area contributed by atoms with Gasteiger partial charge in [-0.1, -0.05) is 19.1 Å². The number of aromatic nitrogens is 2. The number of hydrogen-bond acceptors (Lipinski definition) is 4. The van der Waals surface area contributed by atoms with Crippen LogP contribution in [-0.4, -0.2) is 42.6 Å². The van der Waals surface area contributed by atoms with Crippen LogP contribution >= 0.6 is 0 Å². The number of nitrogens with one attached hydrogen (secondary N) is 1. The van der Waals surface area contributed by atoms with Crippen LogP contribution in [0.15, 0.2) is 24.3 Å². The minimum Gasteiger partial charge on any atom is -0.354 e. The average Bonchev–Trinajstić information content (AvgIpc) is 2.82. The molecular weight excluding hydrogens is 266 g/mol. The Hall–Kier alpha value is -1.43. The van der Waals surface area contributed by atoms with Gasteiger partial charge in [-0.15, -0.1) is 0 Å². The minimum absolute atomic E-state index is 0.0791. The molecule has 0 aliphatic rings. The van der Waals surface area contributed by atoms with Crippen LogP contribution in [0.5, 0.6) is 0 Å². The van der Waals surface area contributed by atoms with Crippen molar-refractivity contribution in [3.8, 4) is 0 Å². The molecule has 5 nitrogen and oxygen atoms in total. The van der Waals surface area contributed by atoms with Crippen molar-refractivity contribution in [3.05, 3.63) is 30.1 Å². The average molecular weight is 291 g/mol. The SMILES string of the molecule is CCCNC(Cc1nc2ccccc2n1C)C(OC)OC. The van der Waals surface area contributed by atoms with E-state index < -0.39 is 0 Å². The summed E-state index contributed by atoms with van der Waals surface area (Å²) in [6, 6.07) is 8.25. The lowest BCUT2D eigenvalue weighted by atomic mass is 10.1. The Balaban J connectivity index is 2.22. The number of benzene rings is 1. The van der Waals surface area contributed by atoms with Crippen LogP contribution in [0.2, 0.25) is 0 Å². The van der Waals surface area contributed by atoms with Gasteiger partial charge in [-0.3, -0.25) is 0 Å². The molecule has 0 spiro atoms. The quantitative estimate of drug-likeness (QED) is 0.757. The normalized spacial score (nSPS) is 13.2. The van der Waals surface area contributed by atoms with Gasteiger partial charge in [0.05, 0.1) is 17.1 Å². The maximum absolute atomic E-state index is 5.42. The molecule has 0 radical (unpaired) electrons. The van der Waals surface area contributed by atoms with Crippen molar-refractivity contribution in [1.29, 1.82) is 0 Å². The maximum atomic E-state index is 5.42. The van der Waals surface area contributed by atoms with Crippen LogP contribution in [-0.2, 0) is 22.9 Å². The minimum atomic E-state index is -0.281. The zero-order valence-electron chi connectivity index (χ0n) is 13.3. The van der Waals surface area contributed by atoms with Crippen LogP contribution in [0.4, 0.5) is 0 Å². The molecule has 1 heterocycles. The summed E-state index contributed by atoms with van der Waals surface area (Å²) in [5, 5.41) is 3.49. The van der Waals surface area contributed by atoms with E-state index in [4.69, 9.17) is 14.5 Å². The summed E-state index contributed by atoms with van der Waals surface area (Å²) in [6.45, 7) is 3.07. The number of nitrogens with zero attached hydrogens (tertiary/aromatic N) is 2. The highest BCUT2D eigenvalue weighted by molar-refractivity contribution is 5.75. The molecule has 1 aromatic heterocycles. The number of ether oxygens (including phenoxy) is 2. The maximum Gasteiger partial charge on any atom is 0.172 e. The van der Waals surface area contributed by atoms with E-state index in [9.17, 15) is 0 Å². The lowest BCUT2D eigenvalue weighted by Gasteiger charge is -2.25. The highest BCUT2D eigenvalue weighted by Gasteiger charge is 2.23. The molecule has 1 atom stereocenters. The van der Waals surface area contributed by atoms with E-state index in [0.29, 0.717) is 0 Å². The van der Waals surface area contributed by atoms with Gasteiger partial charge >= 0.3 is 0 Å². The summed E-state index contributed by atoms with van der Waals surface area (Å²) >= 11 is 0. The van der Waals surface area contributed by atoms with Gasteiger partial charge in [0.25, 0.3) is 0 Å². The Labute approximate surface area is 126 Å². The number of rotatable bonds is 8. The number of hydrogen-bond donors (Lipinski definition) is 1. The molecule has 2 rings (SSSR count). The van der Waals surface area contributed by atoms with E-state index in [1.165, 1.54) is 0 Å². The lowest BCUT2D eigenvalue weighted by molar-refractivity contribution is -0.122. The first-order valence-electron chi connectivity index (χ1n) is 7.40. The molecule has 1 N–H and O–H groups in total. The molecule has 0 saturated carbocycles. The first-order valence-corrected chi connectivity index (χ1v) is 7.40. The molecule has 116 valence electrons. The third kappa shape index (κ3) is 3.61. The smallest absolute Gasteiger partial charge is 0.172 e. The number of imidazole rings is 1. The van der Waals surface area contributed by atoms with Crippen LogP contribution in [0, 0.1) is 0 Å². The predicted molar refractivity (Wildman–Crippen MR) is 84.3 cm³/mol. The summed E-state index contributed by atoms with van der Waals surface area (Å²) in [5.74, 6) is 1.03. The first kappa shape index (κ1) is 15.9. The van der Waals surface area contributed by atoms with Crippen LogP contribution < -0.4 is 5.32 Å². The number of fused-ring (bicyclic) bond motifs is 1. The van der Waals surface area contributed by atoms with Crippen LogP contribution in [0.1, 0.15) is 19.2 Å². The van der Waals surface area contributed by atoms with E-state index in [0.717, 1.165) is 36.2 Å². The molecular formula is C16H25N3O2. The summed E-state index contributed by atoms with van der Waals surface area (Å²) in [6.07, 6.45) is 1.55. The summed E-state index contributed by atoms with van der Waals surface area (Å²) < 4.78 is 13.0. The Morgan fingerprint density at radius 3 is 2.57 bits per heavy atom. The van der Waals surface area contributed by atoms with Crippen molar-refractivity contribution in [2.24, 2.45) is 7.05 Å². The molecule has 2 aromatic rings. The van der Waals surface area contributed by atoms with E-state index in [-0.39, 0.29) is 12.3 Å². The van der Waals surface area contributed by atoms with Gasteiger partial charge in [0.1, 0.15) is 5.82 Å². The highest BCUT2D eigenvalue weighted by atomic mass is 16.7. The van der Waals surface area contributed by atoms with Gasteiger partial charge in [-0.2, -0.15) is 0 Å². The van der Waals surface area contributed by atoms with Gasteiger partial charge in [-0.25, -0.2) is 4.98 Å². The lowest BCUT2D eigenvalue weighted by Crippen LogP contribution is -2.44. The zero-order chi connectivity index (χ0) is 15.2. The number of para-hydroxylation sites is 2. The molecule has 5 heteroatoms. The third-order valence-electron chi connectivity index (χ3n) is 3.73. The predicted octanol–water partition coefficient (Wildman–Crippen LogP) is 2.10. The zero-order valence-corrected chi connectivity index (χ0v) is 13.3. The third-order valence-corrected chi connectivity index (χ3v) is 3.73. The summed E-state index contributed by atoms with van der Waals surface area (Å²) in [5.41, 5.74) is 2.17. The fourth-order valence-electron chi connectivity index (χ4n) is 2.59. The van der Waals surface area contributed by atoms with Gasteiger partial charge in [0.15, 0.2) is 6.29 Å². The van der Waals surface area contributed by atoms with Crippen LogP contribution in [0.25, 0.3) is 11.0 Å². The molecule has 0 saturated heterocycles. The van der Waals surface area contributed by atoms with Crippen molar-refractivity contribution in [3.63, 3.8) is 0 Å². The number of methoxy groups -OCH3 is 2. The largest absolute Gasteiger partial charge is 0.354 e. The fraction of sp³-hybridized carbons (Fsp3) is 0.562. The van der Waals surface area contributed by atoms with E-state index >= 15 is 0 Å². The fourth-order valence-corrected chi connectivity index (χ4v) is 2.59. The van der Waals surface area contributed by atoms with Crippen LogP contribution in [0.3, 0.4) is 0 Å². The molecule has 0 fully saturated rings. The Morgan fingerprint density at radius 2 is 1.95 bits per heavy atom. The van der Waals surface area contributed by atoms with Crippen molar-refractivity contribution in [2.75, 3.05) is 20.8 Å². The molecule has 1 unspecified atom stereocenters. The molecule has 0 bridgehead atoms. The molecule has 0 amide bonds. The van der Waals surface area contributed by atoms with E-state index in [1.807, 2.05) is 18.2 Å². The van der Waals surface area contributed by atoms with E-state index in [1.54, 1.807) is 14.2 Å². The summed E-state index contributed by atoms with van der Waals surface area (Å²) in [7, 11) is 5.39. The monoisotopic (exact) mass is 291 g/mol. The Bertz CT molecular complexity index is 564. The highest BCUT2D eigenvalue weighted by Crippen LogP contribution is 2.16. The van der Waals surface area contributed by atoms with Gasteiger partial charge < -0.3 is 19.4 Å². The Morgan fingerprint density at radius 1 is 1.24 bits per heavy atom. The molecule has 0 aliphatic heterocycles. The second-order valence-electron chi connectivity index (χ2n) is 5.18. The second-order valence-corrected chi connectivity index (χ2v) is 5.18. The molecule has 0 aliphatic carbocycles. The first-order chi connectivity index (χ1) is 10.2. The van der Waals surface area contributed by atoms with Crippen molar-refractivity contribution in [2.45, 2.75) is 32.1 Å². The van der Waals surface area contributed by atoms with Gasteiger partial charge in [0.2, 0.25) is 0 Å². The summed E-state index contributed by atoms with van der Waals surface area (Å²) in [4.78, 5) is 4.72. The van der Waals surface area contributed by atoms with Crippen molar-refractivity contribution >= 4 is 11.0 Å².